The van der Waals surface area contributed by atoms with Gasteiger partial charge in [0.1, 0.15) is 24.1 Å². The first-order valence-corrected chi connectivity index (χ1v) is 10.5. The van der Waals surface area contributed by atoms with Crippen molar-refractivity contribution in [2.24, 2.45) is 4.99 Å². The fraction of sp³-hybridized carbons (Fsp3) is 0.571. The lowest BCUT2D eigenvalue weighted by Crippen LogP contribution is -2.47. The van der Waals surface area contributed by atoms with Crippen LogP contribution in [-0.4, -0.2) is 66.0 Å². The zero-order valence-electron chi connectivity index (χ0n) is 18.5. The van der Waals surface area contributed by atoms with Gasteiger partial charge in [-0.2, -0.15) is 5.10 Å². The average Bonchev–Trinajstić information content (AvgIpc) is 3.12. The maximum Gasteiger partial charge on any atom is 0.191 e. The lowest BCUT2D eigenvalue weighted by Gasteiger charge is -2.27. The maximum atomic E-state index is 14.3. The van der Waals surface area contributed by atoms with Crippen molar-refractivity contribution in [3.63, 3.8) is 0 Å². The molecule has 0 amide bonds. The van der Waals surface area contributed by atoms with Gasteiger partial charge in [0.15, 0.2) is 11.8 Å². The number of fused-ring (bicyclic) bond motifs is 1. The van der Waals surface area contributed by atoms with Crippen molar-refractivity contribution in [1.29, 1.82) is 0 Å². The fourth-order valence-corrected chi connectivity index (χ4v) is 3.70. The van der Waals surface area contributed by atoms with Crippen LogP contribution in [-0.2, 0) is 24.3 Å². The zero-order valence-corrected chi connectivity index (χ0v) is 18.5. The standard InChI is InChI=1S/C21H31F2N7O/c1-5-24-21(25-11-17(29(2)3)20-15(22)7-6-8-16(20)23)26-14-9-10-19-27-18(13-31-4)28-30(19)12-14/h6-8,14,17H,5,9-13H2,1-4H3,(H2,24,25,26). The predicted octanol–water partition coefficient (Wildman–Crippen LogP) is 1.88. The number of methoxy groups -OCH3 is 1. The minimum Gasteiger partial charge on any atom is -0.377 e. The number of guanidine groups is 1. The summed E-state index contributed by atoms with van der Waals surface area (Å²) in [5, 5.41) is 11.1. The van der Waals surface area contributed by atoms with Crippen LogP contribution in [0.3, 0.4) is 0 Å². The summed E-state index contributed by atoms with van der Waals surface area (Å²) in [6.45, 7) is 3.91. The van der Waals surface area contributed by atoms with Gasteiger partial charge in [-0.25, -0.2) is 18.4 Å². The van der Waals surface area contributed by atoms with Gasteiger partial charge in [-0.05, 0) is 39.6 Å². The molecule has 0 radical (unpaired) electrons. The molecular formula is C21H31F2N7O. The third-order valence-electron chi connectivity index (χ3n) is 5.24. The van der Waals surface area contributed by atoms with Crippen molar-refractivity contribution in [3.05, 3.63) is 47.0 Å². The SMILES string of the molecule is CCNC(=NCC(c1c(F)cccc1F)N(C)C)NC1CCc2nc(COC)nn2C1. The molecule has 31 heavy (non-hydrogen) atoms. The number of ether oxygens (including phenoxy) is 1. The van der Waals surface area contributed by atoms with Crippen molar-refractivity contribution in [1.82, 2.24) is 30.3 Å². The Morgan fingerprint density at radius 2 is 2.10 bits per heavy atom. The van der Waals surface area contributed by atoms with Crippen molar-refractivity contribution >= 4 is 5.96 Å². The highest BCUT2D eigenvalue weighted by molar-refractivity contribution is 5.80. The van der Waals surface area contributed by atoms with E-state index in [-0.39, 0.29) is 18.2 Å². The molecule has 0 fully saturated rings. The summed E-state index contributed by atoms with van der Waals surface area (Å²) in [7, 11) is 5.20. The molecule has 1 aromatic carbocycles. The molecule has 1 aliphatic rings. The Bertz CT molecular complexity index is 880. The first-order valence-electron chi connectivity index (χ1n) is 10.5. The average molecular weight is 436 g/mol. The molecular weight excluding hydrogens is 404 g/mol. The number of halogens is 2. The number of likely N-dealkylation sites (N-methyl/N-ethyl adjacent to an activating group) is 1. The van der Waals surface area contributed by atoms with Gasteiger partial charge in [0, 0.05) is 31.7 Å². The Morgan fingerprint density at radius 3 is 2.74 bits per heavy atom. The Kier molecular flexibility index (Phi) is 7.91. The monoisotopic (exact) mass is 435 g/mol. The molecule has 2 atom stereocenters. The van der Waals surface area contributed by atoms with Crippen LogP contribution in [0.5, 0.6) is 0 Å². The van der Waals surface area contributed by atoms with E-state index in [9.17, 15) is 8.78 Å². The van der Waals surface area contributed by atoms with E-state index in [0.717, 1.165) is 18.7 Å². The number of rotatable bonds is 8. The molecule has 0 spiro atoms. The highest BCUT2D eigenvalue weighted by Gasteiger charge is 2.24. The van der Waals surface area contributed by atoms with Crippen LogP contribution >= 0.6 is 0 Å². The van der Waals surface area contributed by atoms with E-state index in [1.54, 1.807) is 26.1 Å². The summed E-state index contributed by atoms with van der Waals surface area (Å²) < 4.78 is 35.7. The number of hydrogen-bond acceptors (Lipinski definition) is 5. The summed E-state index contributed by atoms with van der Waals surface area (Å²) in [5.74, 6) is 1.11. The number of aromatic nitrogens is 3. The molecule has 0 aliphatic carbocycles. The van der Waals surface area contributed by atoms with E-state index in [2.05, 4.69) is 25.7 Å². The minimum absolute atomic E-state index is 0.0303. The number of aryl methyl sites for hydroxylation is 1. The fourth-order valence-electron chi connectivity index (χ4n) is 3.70. The molecule has 2 aromatic rings. The van der Waals surface area contributed by atoms with E-state index in [4.69, 9.17) is 4.74 Å². The molecule has 2 heterocycles. The number of nitrogens with one attached hydrogen (secondary N) is 2. The highest BCUT2D eigenvalue weighted by Crippen LogP contribution is 2.24. The maximum absolute atomic E-state index is 14.3. The number of hydrogen-bond donors (Lipinski definition) is 2. The number of aliphatic imine (C=N–C) groups is 1. The van der Waals surface area contributed by atoms with E-state index in [1.165, 1.54) is 18.2 Å². The Labute approximate surface area is 181 Å². The van der Waals surface area contributed by atoms with Gasteiger partial charge in [0.2, 0.25) is 0 Å². The van der Waals surface area contributed by atoms with Crippen LogP contribution in [0.2, 0.25) is 0 Å². The number of nitrogens with zero attached hydrogens (tertiary/aromatic N) is 5. The molecule has 8 nitrogen and oxygen atoms in total. The quantitative estimate of drug-likeness (QED) is 0.487. The van der Waals surface area contributed by atoms with Gasteiger partial charge in [-0.3, -0.25) is 4.99 Å². The Hall–Kier alpha value is -2.59. The number of benzene rings is 1. The van der Waals surface area contributed by atoms with Crippen molar-refractivity contribution in [2.75, 3.05) is 34.3 Å². The molecule has 1 aromatic heterocycles. The zero-order chi connectivity index (χ0) is 22.4. The highest BCUT2D eigenvalue weighted by atomic mass is 19.1. The molecule has 170 valence electrons. The second-order valence-corrected chi connectivity index (χ2v) is 7.77. The van der Waals surface area contributed by atoms with E-state index < -0.39 is 17.7 Å². The van der Waals surface area contributed by atoms with Crippen LogP contribution in [0.4, 0.5) is 8.78 Å². The van der Waals surface area contributed by atoms with Gasteiger partial charge >= 0.3 is 0 Å². The summed E-state index contributed by atoms with van der Waals surface area (Å²) in [6.07, 6.45) is 1.68. The smallest absolute Gasteiger partial charge is 0.191 e. The predicted molar refractivity (Wildman–Crippen MR) is 115 cm³/mol. The molecule has 10 heteroatoms. The summed E-state index contributed by atoms with van der Waals surface area (Å²) in [6, 6.07) is 3.51. The van der Waals surface area contributed by atoms with Gasteiger partial charge in [-0.15, -0.1) is 0 Å². The van der Waals surface area contributed by atoms with Gasteiger partial charge in [0.05, 0.1) is 19.1 Å². The first kappa shape index (κ1) is 23.1. The molecule has 0 saturated heterocycles. The van der Waals surface area contributed by atoms with Gasteiger partial charge < -0.3 is 20.3 Å². The van der Waals surface area contributed by atoms with Crippen LogP contribution in [0.15, 0.2) is 23.2 Å². The topological polar surface area (TPSA) is 79.6 Å². The molecule has 2 unspecified atom stereocenters. The van der Waals surface area contributed by atoms with Crippen LogP contribution in [0.25, 0.3) is 0 Å². The van der Waals surface area contributed by atoms with Crippen molar-refractivity contribution in [2.45, 2.75) is 45.0 Å². The second kappa shape index (κ2) is 10.6. The molecule has 0 saturated carbocycles. The van der Waals surface area contributed by atoms with E-state index >= 15 is 0 Å². The Balaban J connectivity index is 1.72. The van der Waals surface area contributed by atoms with Crippen LogP contribution in [0.1, 0.15) is 36.6 Å². The third kappa shape index (κ3) is 5.76. The molecule has 2 N–H and O–H groups in total. The van der Waals surface area contributed by atoms with Crippen LogP contribution in [0, 0.1) is 11.6 Å². The molecule has 1 aliphatic heterocycles. The van der Waals surface area contributed by atoms with E-state index in [1.807, 2.05) is 11.6 Å². The minimum atomic E-state index is -0.565. The second-order valence-electron chi connectivity index (χ2n) is 7.77. The summed E-state index contributed by atoms with van der Waals surface area (Å²) >= 11 is 0. The molecule has 3 rings (SSSR count). The summed E-state index contributed by atoms with van der Waals surface area (Å²) in [4.78, 5) is 10.9. The van der Waals surface area contributed by atoms with Crippen molar-refractivity contribution in [3.8, 4) is 0 Å². The summed E-state index contributed by atoms with van der Waals surface area (Å²) in [5.41, 5.74) is 0.0303. The lowest BCUT2D eigenvalue weighted by atomic mass is 10.0. The Morgan fingerprint density at radius 1 is 1.35 bits per heavy atom. The van der Waals surface area contributed by atoms with E-state index in [0.29, 0.717) is 31.5 Å². The van der Waals surface area contributed by atoms with Gasteiger partial charge in [-0.1, -0.05) is 6.07 Å². The third-order valence-corrected chi connectivity index (χ3v) is 5.24. The van der Waals surface area contributed by atoms with Crippen LogP contribution < -0.4 is 10.6 Å². The lowest BCUT2D eigenvalue weighted by molar-refractivity contribution is 0.177. The molecule has 0 bridgehead atoms. The van der Waals surface area contributed by atoms with Crippen molar-refractivity contribution < 1.29 is 13.5 Å². The largest absolute Gasteiger partial charge is 0.377 e. The van der Waals surface area contributed by atoms with Gasteiger partial charge in [0.25, 0.3) is 0 Å². The first-order chi connectivity index (χ1) is 14.9. The normalized spacial score (nSPS) is 17.5.